The highest BCUT2D eigenvalue weighted by atomic mass is 16.5. The molecule has 0 radical (unpaired) electrons. The quantitative estimate of drug-likeness (QED) is 0.560. The molecule has 3 N–H and O–H groups in total. The van der Waals surface area contributed by atoms with Gasteiger partial charge in [-0.3, -0.25) is 15.0 Å². The van der Waals surface area contributed by atoms with Crippen molar-refractivity contribution in [2.45, 2.75) is 31.7 Å². The standard InChI is InChI=1S/C10H16N2O5/c1-5-3-12(10(16)11-9(5)15)8-2-6(14)7(4-13)17-8/h5-8,13-14H,2-4H2,1H3,(H,11,15,16)/t5?,6-,7-,8-/m1/s1/i1D3. The maximum absolute atomic E-state index is 11.8. The monoisotopic (exact) mass is 247 g/mol. The number of aliphatic hydroxyl groups excluding tert-OH is 2. The number of carbonyl (C=O) groups is 2. The molecule has 2 rings (SSSR count). The van der Waals surface area contributed by atoms with Gasteiger partial charge in [-0.05, 0) is 0 Å². The molecular weight excluding hydrogens is 228 g/mol. The average molecular weight is 247 g/mol. The van der Waals surface area contributed by atoms with Crippen LogP contribution in [0.25, 0.3) is 0 Å². The van der Waals surface area contributed by atoms with Gasteiger partial charge in [0.25, 0.3) is 0 Å². The smallest absolute Gasteiger partial charge is 0.326 e. The summed E-state index contributed by atoms with van der Waals surface area (Å²) in [7, 11) is 0. The molecule has 0 saturated carbocycles. The molecular formula is C10H16N2O5. The maximum Gasteiger partial charge on any atom is 0.326 e. The van der Waals surface area contributed by atoms with Crippen molar-refractivity contribution in [3.8, 4) is 0 Å². The van der Waals surface area contributed by atoms with E-state index in [4.69, 9.17) is 14.0 Å². The molecule has 17 heavy (non-hydrogen) atoms. The fourth-order valence-electron chi connectivity index (χ4n) is 1.95. The summed E-state index contributed by atoms with van der Waals surface area (Å²) < 4.78 is 27.2. The van der Waals surface area contributed by atoms with Crippen molar-refractivity contribution in [1.29, 1.82) is 0 Å². The maximum atomic E-state index is 11.8. The van der Waals surface area contributed by atoms with Crippen LogP contribution in [0.15, 0.2) is 0 Å². The Hall–Kier alpha value is -1.18. The van der Waals surface area contributed by atoms with Gasteiger partial charge in [-0.15, -0.1) is 0 Å². The Morgan fingerprint density at radius 1 is 1.65 bits per heavy atom. The number of hydrogen-bond donors (Lipinski definition) is 3. The lowest BCUT2D eigenvalue weighted by Crippen LogP contribution is -2.57. The van der Waals surface area contributed by atoms with Crippen molar-refractivity contribution in [2.75, 3.05) is 13.2 Å². The van der Waals surface area contributed by atoms with Gasteiger partial charge in [0.15, 0.2) is 0 Å². The lowest BCUT2D eigenvalue weighted by molar-refractivity contribution is -0.128. The Morgan fingerprint density at radius 2 is 2.41 bits per heavy atom. The van der Waals surface area contributed by atoms with Gasteiger partial charge in [0, 0.05) is 17.1 Å². The number of amides is 3. The van der Waals surface area contributed by atoms with E-state index in [2.05, 4.69) is 0 Å². The van der Waals surface area contributed by atoms with Crippen LogP contribution in [-0.4, -0.2) is 58.6 Å². The molecule has 4 atom stereocenters. The van der Waals surface area contributed by atoms with E-state index in [-0.39, 0.29) is 13.0 Å². The van der Waals surface area contributed by atoms with Crippen LogP contribution in [0.5, 0.6) is 0 Å². The predicted octanol–water partition coefficient (Wildman–Crippen LogP) is -1.36. The summed E-state index contributed by atoms with van der Waals surface area (Å²) in [4.78, 5) is 24.4. The number of nitrogens with one attached hydrogen (secondary N) is 1. The first-order valence-corrected chi connectivity index (χ1v) is 5.30. The van der Waals surface area contributed by atoms with Gasteiger partial charge in [-0.1, -0.05) is 6.85 Å². The van der Waals surface area contributed by atoms with Crippen LogP contribution < -0.4 is 5.32 Å². The minimum absolute atomic E-state index is 0.0561. The van der Waals surface area contributed by atoms with E-state index >= 15 is 0 Å². The van der Waals surface area contributed by atoms with Gasteiger partial charge in [0.2, 0.25) is 5.91 Å². The van der Waals surface area contributed by atoms with E-state index < -0.39 is 49.8 Å². The third-order valence-electron chi connectivity index (χ3n) is 2.92. The van der Waals surface area contributed by atoms with Crippen LogP contribution in [-0.2, 0) is 9.53 Å². The van der Waals surface area contributed by atoms with Crippen molar-refractivity contribution in [2.24, 2.45) is 5.92 Å². The Morgan fingerprint density at radius 3 is 3.00 bits per heavy atom. The second-order valence-electron chi connectivity index (χ2n) is 4.11. The highest BCUT2D eigenvalue weighted by Gasteiger charge is 2.41. The topological polar surface area (TPSA) is 99.1 Å². The minimum atomic E-state index is -2.53. The normalized spacial score (nSPS) is 41.8. The molecule has 3 amide bonds. The lowest BCUT2D eigenvalue weighted by Gasteiger charge is -2.34. The highest BCUT2D eigenvalue weighted by Crippen LogP contribution is 2.25. The van der Waals surface area contributed by atoms with E-state index in [0.717, 1.165) is 4.90 Å². The van der Waals surface area contributed by atoms with Crippen molar-refractivity contribution >= 4 is 11.9 Å². The minimum Gasteiger partial charge on any atom is -0.394 e. The van der Waals surface area contributed by atoms with Crippen LogP contribution in [0, 0.1) is 5.92 Å². The fourth-order valence-corrected chi connectivity index (χ4v) is 1.95. The number of carbonyl (C=O) groups excluding carboxylic acids is 2. The molecule has 0 bridgehead atoms. The van der Waals surface area contributed by atoms with Crippen LogP contribution >= 0.6 is 0 Å². The molecule has 7 nitrogen and oxygen atoms in total. The van der Waals surface area contributed by atoms with E-state index in [1.165, 1.54) is 0 Å². The molecule has 96 valence electrons. The Bertz CT molecular complexity index is 416. The van der Waals surface area contributed by atoms with Crippen LogP contribution in [0.1, 0.15) is 17.4 Å². The van der Waals surface area contributed by atoms with Crippen molar-refractivity contribution in [3.63, 3.8) is 0 Å². The van der Waals surface area contributed by atoms with Crippen LogP contribution in [0.4, 0.5) is 4.79 Å². The van der Waals surface area contributed by atoms with E-state index in [9.17, 15) is 14.7 Å². The number of nitrogens with zero attached hydrogens (tertiary/aromatic N) is 1. The molecule has 2 aliphatic heterocycles. The molecule has 1 unspecified atom stereocenters. The number of urea groups is 1. The largest absolute Gasteiger partial charge is 0.394 e. The molecule has 0 spiro atoms. The SMILES string of the molecule is [2H]C([2H])([2H])C1CN([C@H]2C[C@@H](O)[C@@H](CO)O2)C(=O)NC1=O. The number of aliphatic hydroxyl groups is 2. The van der Waals surface area contributed by atoms with Gasteiger partial charge >= 0.3 is 6.03 Å². The Kier molecular flexibility index (Phi) is 2.39. The second-order valence-corrected chi connectivity index (χ2v) is 4.11. The van der Waals surface area contributed by atoms with E-state index in [1.807, 2.05) is 5.32 Å². The third-order valence-corrected chi connectivity index (χ3v) is 2.92. The van der Waals surface area contributed by atoms with Gasteiger partial charge < -0.3 is 14.9 Å². The number of hydrogen-bond acceptors (Lipinski definition) is 5. The zero-order valence-electron chi connectivity index (χ0n) is 12.0. The average Bonchev–Trinajstić information content (AvgIpc) is 2.68. The van der Waals surface area contributed by atoms with Gasteiger partial charge in [0.05, 0.1) is 18.6 Å². The summed E-state index contributed by atoms with van der Waals surface area (Å²) in [5, 5.41) is 20.6. The fraction of sp³-hybridized carbons (Fsp3) is 0.800. The molecule has 2 heterocycles. The summed E-state index contributed by atoms with van der Waals surface area (Å²) in [6.45, 7) is -3.25. The Labute approximate surface area is 103 Å². The van der Waals surface area contributed by atoms with Crippen molar-refractivity contribution in [3.05, 3.63) is 0 Å². The summed E-state index contributed by atoms with van der Waals surface area (Å²) in [5.41, 5.74) is 0. The van der Waals surface area contributed by atoms with Crippen LogP contribution in [0.2, 0.25) is 0 Å². The predicted molar refractivity (Wildman–Crippen MR) is 55.8 cm³/mol. The molecule has 0 aromatic heterocycles. The first-order chi connectivity index (χ1) is 9.24. The number of imide groups is 1. The summed E-state index contributed by atoms with van der Waals surface area (Å²) in [5.74, 6) is -2.18. The molecule has 2 fully saturated rings. The molecule has 2 aliphatic rings. The van der Waals surface area contributed by atoms with Gasteiger partial charge in [-0.25, -0.2) is 4.79 Å². The van der Waals surface area contributed by atoms with Gasteiger partial charge in [0.1, 0.15) is 12.3 Å². The molecule has 0 aromatic rings. The van der Waals surface area contributed by atoms with Crippen molar-refractivity contribution < 1.29 is 28.7 Å². The summed E-state index contributed by atoms with van der Waals surface area (Å²) in [6, 6.07) is -0.758. The van der Waals surface area contributed by atoms with Gasteiger partial charge in [-0.2, -0.15) is 0 Å². The molecule has 2 saturated heterocycles. The lowest BCUT2D eigenvalue weighted by atomic mass is 10.1. The zero-order valence-corrected chi connectivity index (χ0v) is 9.00. The molecule has 0 aliphatic carbocycles. The summed E-state index contributed by atoms with van der Waals surface area (Å²) >= 11 is 0. The molecule has 7 heteroatoms. The zero-order chi connectivity index (χ0) is 15.1. The number of rotatable bonds is 2. The van der Waals surface area contributed by atoms with Crippen LogP contribution in [0.3, 0.4) is 0 Å². The second kappa shape index (κ2) is 4.59. The third kappa shape index (κ3) is 2.26. The highest BCUT2D eigenvalue weighted by molar-refractivity contribution is 5.97. The summed E-state index contributed by atoms with van der Waals surface area (Å²) in [6.07, 6.45) is -2.57. The first-order valence-electron chi connectivity index (χ1n) is 6.80. The molecule has 0 aromatic carbocycles. The van der Waals surface area contributed by atoms with Crippen molar-refractivity contribution in [1.82, 2.24) is 10.2 Å². The first kappa shape index (κ1) is 8.84. The number of ether oxygens (including phenoxy) is 1. The van der Waals surface area contributed by atoms with E-state index in [0.29, 0.717) is 0 Å². The van der Waals surface area contributed by atoms with E-state index in [1.54, 1.807) is 0 Å². The Balaban J connectivity index is 2.12.